The molecule has 0 bridgehead atoms. The van der Waals surface area contributed by atoms with Crippen LogP contribution in [0.2, 0.25) is 0 Å². The quantitative estimate of drug-likeness (QED) is 0.306. The fraction of sp³-hybridized carbons (Fsp3) is 0.333. The molecule has 0 saturated carbocycles. The maximum Gasteiger partial charge on any atom is 0.406 e. The van der Waals surface area contributed by atoms with Gasteiger partial charge in [0, 0.05) is 15.9 Å². The van der Waals surface area contributed by atoms with Crippen molar-refractivity contribution in [1.82, 2.24) is 0 Å². The summed E-state index contributed by atoms with van der Waals surface area (Å²) < 4.78 is 66.5. The molecule has 2 rings (SSSR count). The van der Waals surface area contributed by atoms with E-state index in [0.29, 0.717) is 16.4 Å². The molecule has 1 atom stereocenters. The third-order valence-electron chi connectivity index (χ3n) is 3.67. The van der Waals surface area contributed by atoms with E-state index in [1.165, 1.54) is 6.07 Å². The topological polar surface area (TPSA) is 43.4 Å². The van der Waals surface area contributed by atoms with Gasteiger partial charge >= 0.3 is 16.3 Å². The minimum atomic E-state index is -4.85. The Morgan fingerprint density at radius 1 is 1.12 bits per heavy atom. The largest absolute Gasteiger partial charge is 0.406 e. The molecule has 0 aliphatic heterocycles. The molecule has 0 amide bonds. The van der Waals surface area contributed by atoms with Gasteiger partial charge in [0.1, 0.15) is 5.75 Å². The van der Waals surface area contributed by atoms with Gasteiger partial charge in [-0.2, -0.15) is 21.6 Å². The SMILES string of the molecule is Cc1ccc(OS(=O)(=O)CC(F)(F)F)c(C(CI)Cc2ccccc2)c1. The molecule has 1 unspecified atom stereocenters. The fourth-order valence-electron chi connectivity index (χ4n) is 2.58. The first-order valence-electron chi connectivity index (χ1n) is 7.79. The van der Waals surface area contributed by atoms with Crippen LogP contribution in [0.5, 0.6) is 5.75 Å². The van der Waals surface area contributed by atoms with Gasteiger partial charge in [-0.15, -0.1) is 0 Å². The third kappa shape index (κ3) is 6.46. The molecule has 0 aliphatic carbocycles. The van der Waals surface area contributed by atoms with Crippen LogP contribution in [0.25, 0.3) is 0 Å². The van der Waals surface area contributed by atoms with Crippen LogP contribution in [0.3, 0.4) is 0 Å². The first kappa shape index (κ1) is 21.0. The highest BCUT2D eigenvalue weighted by Gasteiger charge is 2.37. The van der Waals surface area contributed by atoms with Crippen molar-refractivity contribution in [2.75, 3.05) is 10.2 Å². The Bertz CT molecular complexity index is 837. The van der Waals surface area contributed by atoms with Crippen LogP contribution in [-0.2, 0) is 16.5 Å². The number of rotatable bonds is 7. The number of hydrogen-bond acceptors (Lipinski definition) is 3. The first-order chi connectivity index (χ1) is 12.1. The van der Waals surface area contributed by atoms with Crippen LogP contribution < -0.4 is 4.18 Å². The second-order valence-electron chi connectivity index (χ2n) is 5.98. The minimum absolute atomic E-state index is 0.0440. The van der Waals surface area contributed by atoms with E-state index in [-0.39, 0.29) is 11.7 Å². The molecule has 26 heavy (non-hydrogen) atoms. The maximum atomic E-state index is 12.5. The number of alkyl halides is 4. The maximum absolute atomic E-state index is 12.5. The van der Waals surface area contributed by atoms with E-state index in [9.17, 15) is 21.6 Å². The molecule has 0 fully saturated rings. The van der Waals surface area contributed by atoms with Crippen LogP contribution >= 0.6 is 22.6 Å². The van der Waals surface area contributed by atoms with Gasteiger partial charge in [-0.05, 0) is 25.0 Å². The van der Waals surface area contributed by atoms with Gasteiger partial charge in [0.05, 0.1) is 0 Å². The predicted molar refractivity (Wildman–Crippen MR) is 103 cm³/mol. The standard InChI is InChI=1S/C18H18F3IO3S/c1-13-7-8-17(25-26(23,24)12-18(19,20)21)16(9-13)15(11-22)10-14-5-3-2-4-6-14/h2-9,15H,10-12H2,1H3. The van der Waals surface area contributed by atoms with E-state index < -0.39 is 22.0 Å². The van der Waals surface area contributed by atoms with Gasteiger partial charge in [-0.3, -0.25) is 0 Å². The zero-order chi connectivity index (χ0) is 19.4. The van der Waals surface area contributed by atoms with Crippen molar-refractivity contribution in [3.8, 4) is 5.75 Å². The molecule has 3 nitrogen and oxygen atoms in total. The highest BCUT2D eigenvalue weighted by atomic mass is 127. The van der Waals surface area contributed by atoms with E-state index in [2.05, 4.69) is 22.6 Å². The molecule has 0 aliphatic rings. The summed E-state index contributed by atoms with van der Waals surface area (Å²) in [7, 11) is -4.77. The molecule has 0 saturated heterocycles. The van der Waals surface area contributed by atoms with Gasteiger partial charge in [-0.1, -0.05) is 70.6 Å². The van der Waals surface area contributed by atoms with Gasteiger partial charge in [-0.25, -0.2) is 0 Å². The van der Waals surface area contributed by atoms with Crippen molar-refractivity contribution in [1.29, 1.82) is 0 Å². The second-order valence-corrected chi connectivity index (χ2v) is 8.43. The number of hydrogen-bond donors (Lipinski definition) is 0. The Labute approximate surface area is 164 Å². The van der Waals surface area contributed by atoms with Crippen LogP contribution in [0, 0.1) is 6.92 Å². The predicted octanol–water partition coefficient (Wildman–Crippen LogP) is 5.03. The molecule has 8 heteroatoms. The molecule has 0 heterocycles. The zero-order valence-electron chi connectivity index (χ0n) is 14.0. The number of aryl methyl sites for hydroxylation is 1. The fourth-order valence-corrected chi connectivity index (χ4v) is 4.25. The summed E-state index contributed by atoms with van der Waals surface area (Å²) in [6, 6.07) is 14.4. The van der Waals surface area contributed by atoms with Crippen molar-refractivity contribution in [2.24, 2.45) is 0 Å². The van der Waals surface area contributed by atoms with Crippen molar-refractivity contribution in [3.63, 3.8) is 0 Å². The van der Waals surface area contributed by atoms with Crippen molar-refractivity contribution in [3.05, 3.63) is 65.2 Å². The third-order valence-corrected chi connectivity index (χ3v) is 5.85. The summed E-state index contributed by atoms with van der Waals surface area (Å²) in [5, 5.41) is 0. The molecular formula is C18H18F3IO3S. The summed E-state index contributed by atoms with van der Waals surface area (Å²) in [5.41, 5.74) is 2.53. The Morgan fingerprint density at radius 2 is 1.77 bits per heavy atom. The minimum Gasteiger partial charge on any atom is -0.382 e. The number of halogens is 4. The average molecular weight is 498 g/mol. The van der Waals surface area contributed by atoms with E-state index in [1.807, 2.05) is 37.3 Å². The monoisotopic (exact) mass is 498 g/mol. The lowest BCUT2D eigenvalue weighted by Crippen LogP contribution is -2.27. The molecule has 0 aromatic heterocycles. The summed E-state index contributed by atoms with van der Waals surface area (Å²) >= 11 is 2.18. The summed E-state index contributed by atoms with van der Waals surface area (Å²) in [5.74, 6) is -2.15. The summed E-state index contributed by atoms with van der Waals surface area (Å²) in [6.07, 6.45) is -4.22. The molecule has 2 aromatic rings. The Hall–Kier alpha value is -1.29. The second kappa shape index (κ2) is 8.60. The zero-order valence-corrected chi connectivity index (χ0v) is 16.9. The van der Waals surface area contributed by atoms with Crippen molar-refractivity contribution < 1.29 is 25.8 Å². The summed E-state index contributed by atoms with van der Waals surface area (Å²) in [6.45, 7) is 1.84. The number of benzene rings is 2. The van der Waals surface area contributed by atoms with Crippen LogP contribution in [0.1, 0.15) is 22.6 Å². The molecule has 0 radical (unpaired) electrons. The highest BCUT2D eigenvalue weighted by Crippen LogP contribution is 2.33. The smallest absolute Gasteiger partial charge is 0.382 e. The van der Waals surface area contributed by atoms with Crippen LogP contribution in [0.15, 0.2) is 48.5 Å². The van der Waals surface area contributed by atoms with Crippen LogP contribution in [0.4, 0.5) is 13.2 Å². The lowest BCUT2D eigenvalue weighted by atomic mass is 9.92. The molecule has 0 N–H and O–H groups in total. The van der Waals surface area contributed by atoms with E-state index in [0.717, 1.165) is 11.1 Å². The van der Waals surface area contributed by atoms with Gasteiger partial charge in [0.25, 0.3) is 0 Å². The first-order valence-corrected chi connectivity index (χ1v) is 10.9. The van der Waals surface area contributed by atoms with E-state index in [4.69, 9.17) is 4.18 Å². The van der Waals surface area contributed by atoms with Gasteiger partial charge < -0.3 is 4.18 Å². The molecule has 0 spiro atoms. The van der Waals surface area contributed by atoms with Crippen LogP contribution in [-0.4, -0.2) is 24.8 Å². The normalized spacial score (nSPS) is 13.4. The summed E-state index contributed by atoms with van der Waals surface area (Å²) in [4.78, 5) is 0. The van der Waals surface area contributed by atoms with Crippen molar-refractivity contribution in [2.45, 2.75) is 25.4 Å². The lowest BCUT2D eigenvalue weighted by molar-refractivity contribution is -0.107. The van der Waals surface area contributed by atoms with E-state index in [1.54, 1.807) is 12.1 Å². The molecular weight excluding hydrogens is 480 g/mol. The highest BCUT2D eigenvalue weighted by molar-refractivity contribution is 14.1. The Morgan fingerprint density at radius 3 is 2.35 bits per heavy atom. The average Bonchev–Trinajstić information content (AvgIpc) is 2.53. The Balaban J connectivity index is 2.34. The Kier molecular flexibility index (Phi) is 6.95. The van der Waals surface area contributed by atoms with Gasteiger partial charge in [0.15, 0.2) is 5.75 Å². The molecule has 2 aromatic carbocycles. The van der Waals surface area contributed by atoms with E-state index >= 15 is 0 Å². The van der Waals surface area contributed by atoms with Gasteiger partial charge in [0.2, 0.25) is 0 Å². The molecule has 142 valence electrons. The lowest BCUT2D eigenvalue weighted by Gasteiger charge is -2.20. The van der Waals surface area contributed by atoms with Crippen molar-refractivity contribution >= 4 is 32.7 Å².